The number of aliphatic hydroxyl groups is 1. The van der Waals surface area contributed by atoms with Crippen LogP contribution in [0, 0.1) is 0 Å². The fourth-order valence-corrected chi connectivity index (χ4v) is 4.16. The molecule has 3 rings (SSSR count). The van der Waals surface area contributed by atoms with Gasteiger partial charge < -0.3 is 24.8 Å². The summed E-state index contributed by atoms with van der Waals surface area (Å²) in [4.78, 5) is 4.68. The van der Waals surface area contributed by atoms with Crippen molar-refractivity contribution in [2.45, 2.75) is 50.8 Å². The number of benzene rings is 1. The van der Waals surface area contributed by atoms with E-state index in [2.05, 4.69) is 28.2 Å². The summed E-state index contributed by atoms with van der Waals surface area (Å²) in [6.45, 7) is 5.99. The molecule has 0 spiro atoms. The molecule has 6 nitrogen and oxygen atoms in total. The van der Waals surface area contributed by atoms with Crippen LogP contribution >= 0.6 is 0 Å². The van der Waals surface area contributed by atoms with Crippen molar-refractivity contribution in [1.82, 2.24) is 15.1 Å². The van der Waals surface area contributed by atoms with E-state index in [1.165, 1.54) is 31.2 Å². The molecule has 1 aromatic carbocycles. The van der Waals surface area contributed by atoms with Crippen molar-refractivity contribution >= 4 is 0 Å². The van der Waals surface area contributed by atoms with Gasteiger partial charge in [0.1, 0.15) is 12.7 Å². The molecule has 1 aliphatic carbocycles. The number of aliphatic hydroxyl groups excluding tert-OH is 1. The summed E-state index contributed by atoms with van der Waals surface area (Å²) in [6.07, 6.45) is 5.86. The van der Waals surface area contributed by atoms with Gasteiger partial charge >= 0.3 is 0 Å². The lowest BCUT2D eigenvalue weighted by molar-refractivity contribution is 0.0685. The molecule has 1 unspecified atom stereocenters. The van der Waals surface area contributed by atoms with Crippen molar-refractivity contribution in [2.75, 3.05) is 53.5 Å². The Kier molecular flexibility index (Phi) is 8.40. The molecule has 0 bridgehead atoms. The van der Waals surface area contributed by atoms with Crippen LogP contribution in [0.15, 0.2) is 18.2 Å². The average molecular weight is 392 g/mol. The van der Waals surface area contributed by atoms with Gasteiger partial charge in [0.15, 0.2) is 11.5 Å². The number of methoxy groups -OCH3 is 1. The van der Waals surface area contributed by atoms with E-state index >= 15 is 0 Å². The predicted molar refractivity (Wildman–Crippen MR) is 112 cm³/mol. The van der Waals surface area contributed by atoms with Crippen molar-refractivity contribution in [3.05, 3.63) is 23.8 Å². The third kappa shape index (κ3) is 6.62. The lowest BCUT2D eigenvalue weighted by atomic mass is 10.1. The highest BCUT2D eigenvalue weighted by atomic mass is 16.5. The zero-order valence-electron chi connectivity index (χ0n) is 17.5. The van der Waals surface area contributed by atoms with Crippen LogP contribution in [-0.2, 0) is 6.54 Å². The number of hydrogen-bond donors (Lipinski definition) is 2. The van der Waals surface area contributed by atoms with Crippen LogP contribution in [-0.4, -0.2) is 80.5 Å². The zero-order valence-corrected chi connectivity index (χ0v) is 17.5. The molecule has 1 aromatic rings. The summed E-state index contributed by atoms with van der Waals surface area (Å²) >= 11 is 0. The van der Waals surface area contributed by atoms with Crippen molar-refractivity contribution in [3.8, 4) is 11.5 Å². The third-order valence-electron chi connectivity index (χ3n) is 5.89. The van der Waals surface area contributed by atoms with Gasteiger partial charge in [-0.1, -0.05) is 18.9 Å². The Morgan fingerprint density at radius 3 is 2.71 bits per heavy atom. The van der Waals surface area contributed by atoms with E-state index in [4.69, 9.17) is 9.47 Å². The first-order chi connectivity index (χ1) is 13.6. The molecule has 28 heavy (non-hydrogen) atoms. The Morgan fingerprint density at radius 1 is 1.11 bits per heavy atom. The Hall–Kier alpha value is -1.34. The number of β-amino-alcohol motifs (C(OH)–C–C–N with tert-alkyl or cyclic N) is 1. The zero-order chi connectivity index (χ0) is 19.8. The van der Waals surface area contributed by atoms with Gasteiger partial charge in [-0.15, -0.1) is 0 Å². The lowest BCUT2D eigenvalue weighted by Crippen LogP contribution is -2.37. The topological polar surface area (TPSA) is 57.2 Å². The van der Waals surface area contributed by atoms with E-state index in [0.717, 1.165) is 39.1 Å². The van der Waals surface area contributed by atoms with E-state index in [1.54, 1.807) is 7.11 Å². The minimum absolute atomic E-state index is 0.280. The first kappa shape index (κ1) is 21.4. The third-order valence-corrected chi connectivity index (χ3v) is 5.89. The first-order valence-electron chi connectivity index (χ1n) is 10.8. The maximum Gasteiger partial charge on any atom is 0.161 e. The van der Waals surface area contributed by atoms with Gasteiger partial charge in [0.25, 0.3) is 0 Å². The van der Waals surface area contributed by atoms with Crippen LogP contribution in [0.1, 0.15) is 37.7 Å². The molecule has 2 fully saturated rings. The van der Waals surface area contributed by atoms with Crippen LogP contribution < -0.4 is 14.8 Å². The number of likely N-dealkylation sites (N-methyl/N-ethyl adjacent to an activating group) is 1. The quantitative estimate of drug-likeness (QED) is 0.672. The van der Waals surface area contributed by atoms with E-state index in [9.17, 15) is 5.11 Å². The van der Waals surface area contributed by atoms with Gasteiger partial charge in [-0.2, -0.15) is 0 Å². The molecule has 1 aliphatic heterocycles. The highest BCUT2D eigenvalue weighted by molar-refractivity contribution is 5.43. The standard InChI is InChI=1S/C22H37N3O3/c1-24-10-5-11-25(13-12-24)16-20(26)17-28-22-14-18(8-9-21(22)27-2)15-23-19-6-3-4-7-19/h8-9,14,19-20,23,26H,3-7,10-13,15-17H2,1-2H3. The van der Waals surface area contributed by atoms with Gasteiger partial charge in [-0.05, 0) is 57.1 Å². The van der Waals surface area contributed by atoms with Crippen molar-refractivity contribution in [1.29, 1.82) is 0 Å². The molecule has 6 heteroatoms. The van der Waals surface area contributed by atoms with E-state index in [0.29, 0.717) is 24.1 Å². The van der Waals surface area contributed by atoms with E-state index in [1.807, 2.05) is 12.1 Å². The van der Waals surface area contributed by atoms with Crippen LogP contribution in [0.25, 0.3) is 0 Å². The first-order valence-corrected chi connectivity index (χ1v) is 10.8. The summed E-state index contributed by atoms with van der Waals surface area (Å²) in [5, 5.41) is 14.1. The maximum atomic E-state index is 10.5. The fourth-order valence-electron chi connectivity index (χ4n) is 4.16. The van der Waals surface area contributed by atoms with Gasteiger partial charge in [0.05, 0.1) is 7.11 Å². The Morgan fingerprint density at radius 2 is 1.93 bits per heavy atom. The molecule has 1 saturated heterocycles. The van der Waals surface area contributed by atoms with E-state index < -0.39 is 6.10 Å². The maximum absolute atomic E-state index is 10.5. The number of rotatable bonds is 9. The summed E-state index contributed by atoms with van der Waals surface area (Å²) in [7, 11) is 3.81. The summed E-state index contributed by atoms with van der Waals surface area (Å²) in [6, 6.07) is 6.71. The number of ether oxygens (including phenoxy) is 2. The van der Waals surface area contributed by atoms with E-state index in [-0.39, 0.29) is 6.61 Å². The molecule has 1 atom stereocenters. The van der Waals surface area contributed by atoms with Gasteiger partial charge in [-0.25, -0.2) is 0 Å². The molecule has 2 aliphatic rings. The second-order valence-electron chi connectivity index (χ2n) is 8.27. The number of nitrogens with zero attached hydrogens (tertiary/aromatic N) is 2. The fraction of sp³-hybridized carbons (Fsp3) is 0.727. The summed E-state index contributed by atoms with van der Waals surface area (Å²) < 4.78 is 11.4. The van der Waals surface area contributed by atoms with Crippen LogP contribution in [0.5, 0.6) is 11.5 Å². The van der Waals surface area contributed by atoms with Gasteiger partial charge in [0, 0.05) is 32.2 Å². The minimum Gasteiger partial charge on any atom is -0.493 e. The highest BCUT2D eigenvalue weighted by Gasteiger charge is 2.17. The SMILES string of the molecule is COc1ccc(CNC2CCCC2)cc1OCC(O)CN1CCCN(C)CC1. The van der Waals surface area contributed by atoms with Gasteiger partial charge in [0.2, 0.25) is 0 Å². The molecule has 0 radical (unpaired) electrons. The average Bonchev–Trinajstić information content (AvgIpc) is 3.14. The Bertz CT molecular complexity index is 592. The van der Waals surface area contributed by atoms with Crippen molar-refractivity contribution in [3.63, 3.8) is 0 Å². The molecule has 158 valence electrons. The summed E-state index contributed by atoms with van der Waals surface area (Å²) in [5.41, 5.74) is 1.19. The molecule has 0 amide bonds. The number of hydrogen-bond acceptors (Lipinski definition) is 6. The van der Waals surface area contributed by atoms with Crippen LogP contribution in [0.2, 0.25) is 0 Å². The second kappa shape index (κ2) is 11.0. The van der Waals surface area contributed by atoms with Crippen LogP contribution in [0.4, 0.5) is 0 Å². The summed E-state index contributed by atoms with van der Waals surface area (Å²) in [5.74, 6) is 1.43. The lowest BCUT2D eigenvalue weighted by Gasteiger charge is -2.23. The highest BCUT2D eigenvalue weighted by Crippen LogP contribution is 2.28. The van der Waals surface area contributed by atoms with Crippen LogP contribution in [0.3, 0.4) is 0 Å². The smallest absolute Gasteiger partial charge is 0.161 e. The molecular weight excluding hydrogens is 354 g/mol. The Balaban J connectivity index is 1.49. The predicted octanol–water partition coefficient (Wildman–Crippen LogP) is 2.10. The second-order valence-corrected chi connectivity index (χ2v) is 8.27. The molecule has 2 N–H and O–H groups in total. The normalized spacial score (nSPS) is 20.8. The minimum atomic E-state index is -0.506. The molecule has 1 saturated carbocycles. The molecule has 1 heterocycles. The largest absolute Gasteiger partial charge is 0.493 e. The Labute approximate surface area is 169 Å². The monoisotopic (exact) mass is 391 g/mol. The molecule has 0 aromatic heterocycles. The van der Waals surface area contributed by atoms with Crippen molar-refractivity contribution in [2.24, 2.45) is 0 Å². The number of nitrogens with one attached hydrogen (secondary N) is 1. The van der Waals surface area contributed by atoms with Gasteiger partial charge in [-0.3, -0.25) is 4.90 Å². The molecular formula is C22H37N3O3. The van der Waals surface area contributed by atoms with Crippen molar-refractivity contribution < 1.29 is 14.6 Å².